The van der Waals surface area contributed by atoms with E-state index in [0.29, 0.717) is 6.42 Å². The lowest BCUT2D eigenvalue weighted by atomic mass is 9.89. The average molecular weight is 486 g/mol. The number of rotatable bonds is 13. The molecule has 0 atom stereocenters. The molecule has 1 N–H and O–H groups in total. The van der Waals surface area contributed by atoms with Crippen LogP contribution in [0.1, 0.15) is 101 Å². The highest BCUT2D eigenvalue weighted by atomic mass is 35.5. The van der Waals surface area contributed by atoms with E-state index in [1.165, 1.54) is 82.0 Å². The molecule has 3 nitrogen and oxygen atoms in total. The minimum atomic E-state index is -0.659. The fourth-order valence-corrected chi connectivity index (χ4v) is 4.71. The third kappa shape index (κ3) is 12.6. The number of likely N-dealkylation sites (tertiary alicyclic amines) is 1. The summed E-state index contributed by atoms with van der Waals surface area (Å²) in [5.41, 5.74) is 2.85. The maximum atomic E-state index is 10.2. The fraction of sp³-hybridized carbons (Fsp3) is 0.567. The second-order valence-electron chi connectivity index (χ2n) is 9.56. The lowest BCUT2D eigenvalue weighted by molar-refractivity contribution is -0.137. The van der Waals surface area contributed by atoms with Gasteiger partial charge in [0.2, 0.25) is 0 Å². The molecule has 2 aromatic carbocycles. The highest BCUT2D eigenvalue weighted by Crippen LogP contribution is 2.28. The van der Waals surface area contributed by atoms with Crippen LogP contribution in [0.3, 0.4) is 0 Å². The third-order valence-electron chi connectivity index (χ3n) is 6.67. The number of halogens is 1. The van der Waals surface area contributed by atoms with Crippen molar-refractivity contribution in [3.63, 3.8) is 0 Å². The van der Waals surface area contributed by atoms with Crippen LogP contribution in [0.2, 0.25) is 5.02 Å². The molecule has 1 aliphatic rings. The second kappa shape index (κ2) is 17.6. The van der Waals surface area contributed by atoms with E-state index >= 15 is 0 Å². The molecule has 0 bridgehead atoms. The molecule has 0 aliphatic carbocycles. The van der Waals surface area contributed by atoms with Gasteiger partial charge in [-0.2, -0.15) is 0 Å². The number of piperidine rings is 1. The summed E-state index contributed by atoms with van der Waals surface area (Å²) in [5.74, 6) is 0.0746. The monoisotopic (exact) mass is 485 g/mol. The van der Waals surface area contributed by atoms with Gasteiger partial charge in [0, 0.05) is 18.0 Å². The van der Waals surface area contributed by atoms with Gasteiger partial charge in [0.15, 0.2) is 0 Å². The number of carbonyl (C=O) groups is 1. The van der Waals surface area contributed by atoms with Crippen molar-refractivity contribution >= 4 is 17.6 Å². The highest BCUT2D eigenvalue weighted by molar-refractivity contribution is 6.30. The van der Waals surface area contributed by atoms with E-state index in [4.69, 9.17) is 16.7 Å². The van der Waals surface area contributed by atoms with Gasteiger partial charge >= 0.3 is 5.97 Å². The highest BCUT2D eigenvalue weighted by Gasteiger charge is 2.20. The van der Waals surface area contributed by atoms with E-state index in [1.807, 2.05) is 12.1 Å². The van der Waals surface area contributed by atoms with Gasteiger partial charge in [0.25, 0.3) is 0 Å². The van der Waals surface area contributed by atoms with Crippen LogP contribution in [-0.4, -0.2) is 29.1 Å². The summed E-state index contributed by atoms with van der Waals surface area (Å²) in [4.78, 5) is 12.8. The molecular formula is C30H44ClNO2. The van der Waals surface area contributed by atoms with Crippen molar-refractivity contribution in [2.24, 2.45) is 0 Å². The van der Waals surface area contributed by atoms with Crippen LogP contribution in [0.25, 0.3) is 0 Å². The molecule has 0 radical (unpaired) electrons. The first kappa shape index (κ1) is 28.4. The Morgan fingerprint density at radius 2 is 1.41 bits per heavy atom. The number of hydrogen-bond donors (Lipinski definition) is 1. The summed E-state index contributed by atoms with van der Waals surface area (Å²) >= 11 is 5.93. The maximum absolute atomic E-state index is 10.2. The van der Waals surface area contributed by atoms with Crippen molar-refractivity contribution in [2.75, 3.05) is 13.1 Å². The van der Waals surface area contributed by atoms with Crippen LogP contribution in [0.15, 0.2) is 54.6 Å². The van der Waals surface area contributed by atoms with Gasteiger partial charge in [0.05, 0.1) is 0 Å². The first-order valence-corrected chi connectivity index (χ1v) is 13.7. The molecule has 1 aliphatic heterocycles. The summed E-state index contributed by atoms with van der Waals surface area (Å²) in [6.07, 6.45) is 14.0. The van der Waals surface area contributed by atoms with Crippen molar-refractivity contribution in [1.82, 2.24) is 4.90 Å². The SMILES string of the molecule is CCCCCCCCCCCC(=O)O.Clc1ccc(CN2CCC(c3ccccc3)CC2)cc1. The Morgan fingerprint density at radius 1 is 0.853 bits per heavy atom. The molecule has 0 spiro atoms. The standard InChI is InChI=1S/C18H20ClN.C12H24O2/c19-18-8-6-15(7-9-18)14-20-12-10-17(11-13-20)16-4-2-1-3-5-16;1-2-3-4-5-6-7-8-9-10-11-12(13)14/h1-9,17H,10-14H2;2-11H2,1H3,(H,13,14). The molecule has 3 rings (SSSR count). The number of hydrogen-bond acceptors (Lipinski definition) is 2. The van der Waals surface area contributed by atoms with Crippen LogP contribution >= 0.6 is 11.6 Å². The lowest BCUT2D eigenvalue weighted by Crippen LogP contribution is -2.32. The van der Waals surface area contributed by atoms with Crippen LogP contribution in [0, 0.1) is 0 Å². The van der Waals surface area contributed by atoms with Crippen molar-refractivity contribution in [2.45, 2.75) is 96.4 Å². The zero-order valence-corrected chi connectivity index (χ0v) is 21.8. The number of aliphatic carboxylic acids is 1. The molecule has 0 amide bonds. The van der Waals surface area contributed by atoms with E-state index in [2.05, 4.69) is 54.3 Å². The third-order valence-corrected chi connectivity index (χ3v) is 6.92. The number of nitrogens with zero attached hydrogens (tertiary/aromatic N) is 1. The molecule has 188 valence electrons. The van der Waals surface area contributed by atoms with Gasteiger partial charge in [-0.25, -0.2) is 0 Å². The summed E-state index contributed by atoms with van der Waals surface area (Å²) < 4.78 is 0. The van der Waals surface area contributed by atoms with Crippen molar-refractivity contribution in [3.05, 3.63) is 70.7 Å². The zero-order chi connectivity index (χ0) is 24.4. The Bertz CT molecular complexity index is 770. The molecular weight excluding hydrogens is 442 g/mol. The number of unbranched alkanes of at least 4 members (excludes halogenated alkanes) is 8. The number of carboxylic acid groups (broad SMARTS) is 1. The lowest BCUT2D eigenvalue weighted by Gasteiger charge is -2.32. The second-order valence-corrected chi connectivity index (χ2v) is 10.00. The molecule has 1 fully saturated rings. The Kier molecular flexibility index (Phi) is 14.7. The van der Waals surface area contributed by atoms with Gasteiger partial charge in [-0.1, -0.05) is 112 Å². The smallest absolute Gasteiger partial charge is 0.303 e. The van der Waals surface area contributed by atoms with E-state index in [0.717, 1.165) is 30.3 Å². The van der Waals surface area contributed by atoms with E-state index < -0.39 is 5.97 Å². The normalized spacial score (nSPS) is 14.4. The van der Waals surface area contributed by atoms with E-state index in [1.54, 1.807) is 0 Å². The number of benzene rings is 2. The topological polar surface area (TPSA) is 40.5 Å². The quantitative estimate of drug-likeness (QED) is 0.288. The Labute approximate surface area is 212 Å². The molecule has 0 unspecified atom stereocenters. The zero-order valence-electron chi connectivity index (χ0n) is 21.1. The van der Waals surface area contributed by atoms with Crippen LogP contribution in [-0.2, 0) is 11.3 Å². The van der Waals surface area contributed by atoms with Crippen molar-refractivity contribution in [3.8, 4) is 0 Å². The van der Waals surface area contributed by atoms with Crippen LogP contribution < -0.4 is 0 Å². The van der Waals surface area contributed by atoms with E-state index in [9.17, 15) is 4.79 Å². The van der Waals surface area contributed by atoms with Gasteiger partial charge in [0.1, 0.15) is 0 Å². The van der Waals surface area contributed by atoms with Gasteiger partial charge in [-0.3, -0.25) is 9.69 Å². The fourth-order valence-electron chi connectivity index (χ4n) is 4.58. The Balaban J connectivity index is 0.000000259. The Hall–Kier alpha value is -1.84. The molecule has 34 heavy (non-hydrogen) atoms. The maximum Gasteiger partial charge on any atom is 0.303 e. The summed E-state index contributed by atoms with van der Waals surface area (Å²) in [6.45, 7) is 5.63. The van der Waals surface area contributed by atoms with Gasteiger partial charge in [-0.15, -0.1) is 0 Å². The van der Waals surface area contributed by atoms with E-state index in [-0.39, 0.29) is 0 Å². The van der Waals surface area contributed by atoms with Crippen molar-refractivity contribution in [1.29, 1.82) is 0 Å². The molecule has 1 saturated heterocycles. The summed E-state index contributed by atoms with van der Waals surface area (Å²) in [5, 5.41) is 9.23. The largest absolute Gasteiger partial charge is 0.481 e. The molecule has 1 heterocycles. The number of carboxylic acids is 1. The minimum Gasteiger partial charge on any atom is -0.481 e. The molecule has 2 aromatic rings. The molecule has 4 heteroatoms. The summed E-state index contributed by atoms with van der Waals surface area (Å²) in [7, 11) is 0. The first-order chi connectivity index (χ1) is 16.6. The predicted octanol–water partition coefficient (Wildman–Crippen LogP) is 8.71. The predicted molar refractivity (Wildman–Crippen MR) is 145 cm³/mol. The average Bonchev–Trinajstić information content (AvgIpc) is 2.86. The minimum absolute atomic E-state index is 0.343. The van der Waals surface area contributed by atoms with Gasteiger partial charge < -0.3 is 5.11 Å². The van der Waals surface area contributed by atoms with Crippen LogP contribution in [0.5, 0.6) is 0 Å². The summed E-state index contributed by atoms with van der Waals surface area (Å²) in [6, 6.07) is 19.1. The van der Waals surface area contributed by atoms with Gasteiger partial charge in [-0.05, 0) is 61.5 Å². The van der Waals surface area contributed by atoms with Crippen molar-refractivity contribution < 1.29 is 9.90 Å². The molecule has 0 saturated carbocycles. The Morgan fingerprint density at radius 3 is 1.97 bits per heavy atom. The van der Waals surface area contributed by atoms with Crippen LogP contribution in [0.4, 0.5) is 0 Å². The molecule has 0 aromatic heterocycles. The first-order valence-electron chi connectivity index (χ1n) is 13.3.